The molecule has 126 valence electrons. The third kappa shape index (κ3) is 5.36. The average Bonchev–Trinajstić information content (AvgIpc) is 2.56. The van der Waals surface area contributed by atoms with Crippen molar-refractivity contribution in [2.24, 2.45) is 0 Å². The lowest BCUT2D eigenvalue weighted by Gasteiger charge is -2.10. The molecule has 0 aliphatic rings. The monoisotopic (exact) mass is 366 g/mol. The second-order valence-electron chi connectivity index (χ2n) is 5.18. The van der Waals surface area contributed by atoms with Crippen molar-refractivity contribution < 1.29 is 13.9 Å². The van der Waals surface area contributed by atoms with E-state index in [2.05, 4.69) is 0 Å². The lowest BCUT2D eigenvalue weighted by Crippen LogP contribution is -2.02. The molecule has 0 amide bonds. The summed E-state index contributed by atoms with van der Waals surface area (Å²) in [5, 5.41) is 0.875. The summed E-state index contributed by atoms with van der Waals surface area (Å²) in [4.78, 5) is 11.8. The van der Waals surface area contributed by atoms with Crippen molar-refractivity contribution in [1.29, 1.82) is 0 Å². The van der Waals surface area contributed by atoms with Gasteiger partial charge < -0.3 is 4.74 Å². The van der Waals surface area contributed by atoms with Crippen LogP contribution in [0.15, 0.2) is 48.5 Å². The summed E-state index contributed by atoms with van der Waals surface area (Å²) >= 11 is 12.0. The summed E-state index contributed by atoms with van der Waals surface area (Å²) in [5.74, 6) is -0.678. The Hall–Kier alpha value is -1.84. The van der Waals surface area contributed by atoms with E-state index in [1.54, 1.807) is 31.2 Å². The predicted molar refractivity (Wildman–Crippen MR) is 95.8 cm³/mol. The van der Waals surface area contributed by atoms with Crippen molar-refractivity contribution in [1.82, 2.24) is 0 Å². The predicted octanol–water partition coefficient (Wildman–Crippen LogP) is 5.71. The molecule has 0 aliphatic heterocycles. The first-order chi connectivity index (χ1) is 11.5. The molecule has 0 unspecified atom stereocenters. The Morgan fingerprint density at radius 2 is 1.83 bits per heavy atom. The summed E-state index contributed by atoms with van der Waals surface area (Å²) < 4.78 is 18.0. The first-order valence-corrected chi connectivity index (χ1v) is 8.32. The zero-order chi connectivity index (χ0) is 17.5. The van der Waals surface area contributed by atoms with E-state index in [1.165, 1.54) is 18.2 Å². The molecule has 0 atom stereocenters. The van der Waals surface area contributed by atoms with Gasteiger partial charge in [0.25, 0.3) is 0 Å². The molecule has 0 aliphatic carbocycles. The van der Waals surface area contributed by atoms with Crippen molar-refractivity contribution >= 4 is 34.7 Å². The maximum atomic E-state index is 13.0. The minimum Gasteiger partial charge on any atom is -0.463 e. The fourth-order valence-electron chi connectivity index (χ4n) is 2.25. The van der Waals surface area contributed by atoms with Gasteiger partial charge in [0, 0.05) is 6.08 Å². The van der Waals surface area contributed by atoms with Crippen LogP contribution in [0.4, 0.5) is 4.39 Å². The van der Waals surface area contributed by atoms with E-state index in [4.69, 9.17) is 27.9 Å². The molecule has 0 radical (unpaired) electrons. The highest BCUT2D eigenvalue weighted by Crippen LogP contribution is 2.28. The molecular formula is C19H17Cl2FO2. The fraction of sp³-hybridized carbons (Fsp3) is 0.211. The number of halogens is 3. The Kier molecular flexibility index (Phi) is 6.83. The highest BCUT2D eigenvalue weighted by Gasteiger charge is 2.09. The van der Waals surface area contributed by atoms with Gasteiger partial charge in [-0.2, -0.15) is 0 Å². The smallest absolute Gasteiger partial charge is 0.331 e. The van der Waals surface area contributed by atoms with Crippen molar-refractivity contribution in [2.45, 2.75) is 19.8 Å². The maximum Gasteiger partial charge on any atom is 0.331 e. The van der Waals surface area contributed by atoms with Crippen molar-refractivity contribution in [3.05, 3.63) is 75.5 Å². The number of carbonyl (C=O) groups excluding carboxylic acids is 1. The molecule has 0 fully saturated rings. The number of esters is 1. The van der Waals surface area contributed by atoms with Crippen LogP contribution in [0.1, 0.15) is 24.5 Å². The van der Waals surface area contributed by atoms with Crippen LogP contribution in [-0.4, -0.2) is 12.6 Å². The van der Waals surface area contributed by atoms with Crippen LogP contribution in [0.2, 0.25) is 10.0 Å². The van der Waals surface area contributed by atoms with Gasteiger partial charge in [0.1, 0.15) is 5.82 Å². The summed E-state index contributed by atoms with van der Waals surface area (Å²) in [6.07, 6.45) is 2.71. The topological polar surface area (TPSA) is 26.3 Å². The number of hydrogen-bond acceptors (Lipinski definition) is 2. The van der Waals surface area contributed by atoms with E-state index in [0.717, 1.165) is 16.7 Å². The van der Waals surface area contributed by atoms with Crippen molar-refractivity contribution in [3.8, 4) is 0 Å². The van der Waals surface area contributed by atoms with Gasteiger partial charge in [0.05, 0.1) is 16.7 Å². The van der Waals surface area contributed by atoms with Gasteiger partial charge in [-0.3, -0.25) is 0 Å². The third-order valence-corrected chi connectivity index (χ3v) is 4.20. The highest BCUT2D eigenvalue weighted by atomic mass is 35.5. The van der Waals surface area contributed by atoms with Crippen LogP contribution in [0.25, 0.3) is 5.57 Å². The molecule has 0 saturated heterocycles. The number of aryl methyl sites for hydroxylation is 1. The minimum atomic E-state index is -0.405. The van der Waals surface area contributed by atoms with Gasteiger partial charge in [-0.25, -0.2) is 9.18 Å². The number of benzene rings is 2. The average molecular weight is 367 g/mol. The van der Waals surface area contributed by atoms with Gasteiger partial charge in [0.2, 0.25) is 0 Å². The Morgan fingerprint density at radius 3 is 2.46 bits per heavy atom. The second-order valence-corrected chi connectivity index (χ2v) is 5.99. The molecule has 0 saturated carbocycles. The molecule has 5 heteroatoms. The lowest BCUT2D eigenvalue weighted by atomic mass is 9.98. The van der Waals surface area contributed by atoms with Gasteiger partial charge in [0.15, 0.2) is 0 Å². The van der Waals surface area contributed by atoms with Crippen LogP contribution in [0, 0.1) is 5.82 Å². The van der Waals surface area contributed by atoms with E-state index < -0.39 is 5.97 Å². The molecular weight excluding hydrogens is 350 g/mol. The first kappa shape index (κ1) is 18.5. The number of carbonyl (C=O) groups is 1. The number of rotatable bonds is 6. The molecule has 24 heavy (non-hydrogen) atoms. The fourth-order valence-corrected chi connectivity index (χ4v) is 2.55. The van der Waals surface area contributed by atoms with Gasteiger partial charge in [-0.05, 0) is 60.7 Å². The molecule has 0 heterocycles. The quantitative estimate of drug-likeness (QED) is 0.483. The standard InChI is InChI=1S/C19H17Cl2FO2/c1-2-24-19(23)12-15(14-7-10-17(20)18(21)11-14)6-3-13-4-8-16(22)9-5-13/h4-5,7-12H,2-3,6H2,1H3/b15-12+. The summed E-state index contributed by atoms with van der Waals surface area (Å²) in [7, 11) is 0. The van der Waals surface area contributed by atoms with Crippen LogP contribution >= 0.6 is 23.2 Å². The number of ether oxygens (including phenoxy) is 1. The maximum absolute atomic E-state index is 13.0. The van der Waals surface area contributed by atoms with Gasteiger partial charge >= 0.3 is 5.97 Å². The highest BCUT2D eigenvalue weighted by molar-refractivity contribution is 6.42. The number of hydrogen-bond donors (Lipinski definition) is 0. The molecule has 0 aromatic heterocycles. The zero-order valence-corrected chi connectivity index (χ0v) is 14.7. The van der Waals surface area contributed by atoms with Gasteiger partial charge in [-0.1, -0.05) is 41.4 Å². The van der Waals surface area contributed by atoms with E-state index in [1.807, 2.05) is 6.07 Å². The van der Waals surface area contributed by atoms with Crippen LogP contribution < -0.4 is 0 Å². The Labute approximate surface area is 150 Å². The molecule has 2 nitrogen and oxygen atoms in total. The summed E-state index contributed by atoms with van der Waals surface area (Å²) in [5.41, 5.74) is 2.57. The van der Waals surface area contributed by atoms with E-state index >= 15 is 0 Å². The van der Waals surface area contributed by atoms with Crippen molar-refractivity contribution in [3.63, 3.8) is 0 Å². The van der Waals surface area contributed by atoms with Crippen molar-refractivity contribution in [2.75, 3.05) is 6.61 Å². The largest absolute Gasteiger partial charge is 0.463 e. The zero-order valence-electron chi connectivity index (χ0n) is 13.2. The summed E-state index contributed by atoms with van der Waals surface area (Å²) in [6.45, 7) is 2.06. The molecule has 0 N–H and O–H groups in total. The molecule has 2 rings (SSSR count). The second kappa shape index (κ2) is 8.86. The van der Waals surface area contributed by atoms with Crippen LogP contribution in [0.3, 0.4) is 0 Å². The minimum absolute atomic E-state index is 0.273. The summed E-state index contributed by atoms with van der Waals surface area (Å²) in [6, 6.07) is 11.5. The van der Waals surface area contributed by atoms with E-state index in [9.17, 15) is 9.18 Å². The van der Waals surface area contributed by atoms with E-state index in [0.29, 0.717) is 29.5 Å². The Bertz CT molecular complexity index is 740. The lowest BCUT2D eigenvalue weighted by molar-refractivity contribution is -0.137. The normalized spacial score (nSPS) is 11.4. The number of allylic oxidation sites excluding steroid dienone is 1. The van der Waals surface area contributed by atoms with E-state index in [-0.39, 0.29) is 5.82 Å². The van der Waals surface area contributed by atoms with Crippen LogP contribution in [-0.2, 0) is 16.0 Å². The SMILES string of the molecule is CCOC(=O)/C=C(\CCc1ccc(F)cc1)c1ccc(Cl)c(Cl)c1. The Morgan fingerprint density at radius 1 is 1.12 bits per heavy atom. The molecule has 0 bridgehead atoms. The Balaban J connectivity index is 2.23. The molecule has 2 aromatic rings. The first-order valence-electron chi connectivity index (χ1n) is 7.56. The van der Waals surface area contributed by atoms with Gasteiger partial charge in [-0.15, -0.1) is 0 Å². The molecule has 2 aromatic carbocycles. The third-order valence-electron chi connectivity index (χ3n) is 3.47. The van der Waals surface area contributed by atoms with Crippen LogP contribution in [0.5, 0.6) is 0 Å². The molecule has 0 spiro atoms.